The molecule has 0 bridgehead atoms. The van der Waals surface area contributed by atoms with Gasteiger partial charge in [0, 0.05) is 6.54 Å². The van der Waals surface area contributed by atoms with Gasteiger partial charge in [0.2, 0.25) is 5.91 Å². The Kier molecular flexibility index (Phi) is 6.71. The molecule has 0 saturated heterocycles. The number of carbonyl (C=O) groups excluding carboxylic acids is 1. The van der Waals surface area contributed by atoms with Crippen LogP contribution in [0.2, 0.25) is 0 Å². The molecule has 0 radical (unpaired) electrons. The fourth-order valence-corrected chi connectivity index (χ4v) is 2.86. The minimum atomic E-state index is -0.122. The van der Waals surface area contributed by atoms with Gasteiger partial charge in [0.05, 0.1) is 13.0 Å². The maximum absolute atomic E-state index is 12.3. The van der Waals surface area contributed by atoms with Gasteiger partial charge >= 0.3 is 0 Å². The summed E-state index contributed by atoms with van der Waals surface area (Å²) in [5, 5.41) is 3.04. The van der Waals surface area contributed by atoms with E-state index >= 15 is 0 Å². The molecule has 0 aliphatic carbocycles. The van der Waals surface area contributed by atoms with E-state index in [-0.39, 0.29) is 11.8 Å². The van der Waals surface area contributed by atoms with E-state index in [9.17, 15) is 4.79 Å². The molecule has 0 spiro atoms. The second-order valence-electron chi connectivity index (χ2n) is 5.86. The van der Waals surface area contributed by atoms with Gasteiger partial charge in [-0.15, -0.1) is 0 Å². The molecule has 2 rings (SSSR count). The first-order chi connectivity index (χ1) is 11.2. The number of carbonyl (C=O) groups is 1. The highest BCUT2D eigenvalue weighted by molar-refractivity contribution is 5.79. The van der Waals surface area contributed by atoms with Crippen LogP contribution in [0.4, 0.5) is 0 Å². The highest BCUT2D eigenvalue weighted by Gasteiger charge is 2.26. The van der Waals surface area contributed by atoms with Crippen molar-refractivity contribution in [1.82, 2.24) is 10.2 Å². The summed E-state index contributed by atoms with van der Waals surface area (Å²) >= 11 is 0. The summed E-state index contributed by atoms with van der Waals surface area (Å²) in [6, 6.07) is 5.74. The Bertz CT molecular complexity index is 515. The molecule has 1 heterocycles. The molecule has 1 aliphatic heterocycles. The number of nitrogens with one attached hydrogen (secondary N) is 1. The maximum atomic E-state index is 12.3. The largest absolute Gasteiger partial charge is 0.497 e. The number of methoxy groups -OCH3 is 1. The molecule has 23 heavy (non-hydrogen) atoms. The smallest absolute Gasteiger partial charge is 0.226 e. The molecule has 0 saturated carbocycles. The van der Waals surface area contributed by atoms with Gasteiger partial charge in [-0.2, -0.15) is 0 Å². The number of ether oxygens (including phenoxy) is 2. The van der Waals surface area contributed by atoms with Crippen molar-refractivity contribution < 1.29 is 14.3 Å². The molecule has 1 aromatic carbocycles. The number of fused-ring (bicyclic) bond motifs is 1. The number of amides is 1. The molecule has 5 nitrogen and oxygen atoms in total. The van der Waals surface area contributed by atoms with E-state index in [0.29, 0.717) is 13.0 Å². The molecule has 1 atom stereocenters. The van der Waals surface area contributed by atoms with Gasteiger partial charge in [-0.1, -0.05) is 13.8 Å². The average molecular weight is 320 g/mol. The van der Waals surface area contributed by atoms with E-state index < -0.39 is 0 Å². The van der Waals surface area contributed by atoms with Crippen LogP contribution >= 0.6 is 0 Å². The van der Waals surface area contributed by atoms with Gasteiger partial charge in [0.15, 0.2) is 0 Å². The SMILES string of the molecule is CCN(CC)CCCNC(=O)C1COc2ccc(OC)cc2C1. The molecular weight excluding hydrogens is 292 g/mol. The van der Waals surface area contributed by atoms with E-state index in [4.69, 9.17) is 9.47 Å². The Labute approximate surface area is 139 Å². The lowest BCUT2D eigenvalue weighted by molar-refractivity contribution is -0.126. The Morgan fingerprint density at radius 3 is 2.87 bits per heavy atom. The first-order valence-corrected chi connectivity index (χ1v) is 8.47. The molecule has 1 amide bonds. The summed E-state index contributed by atoms with van der Waals surface area (Å²) in [6.07, 6.45) is 1.68. The van der Waals surface area contributed by atoms with E-state index in [1.54, 1.807) is 7.11 Å². The van der Waals surface area contributed by atoms with Crippen LogP contribution in [0.5, 0.6) is 11.5 Å². The number of hydrogen-bond donors (Lipinski definition) is 1. The van der Waals surface area contributed by atoms with E-state index in [0.717, 1.165) is 49.7 Å². The third-order valence-corrected chi connectivity index (χ3v) is 4.39. The van der Waals surface area contributed by atoms with Crippen molar-refractivity contribution in [3.63, 3.8) is 0 Å². The molecule has 5 heteroatoms. The minimum absolute atomic E-state index is 0.0815. The third-order valence-electron chi connectivity index (χ3n) is 4.39. The summed E-state index contributed by atoms with van der Waals surface area (Å²) in [6.45, 7) is 8.62. The van der Waals surface area contributed by atoms with E-state index in [2.05, 4.69) is 24.1 Å². The van der Waals surface area contributed by atoms with Crippen molar-refractivity contribution in [3.8, 4) is 11.5 Å². The molecule has 0 fully saturated rings. The standard InChI is InChI=1S/C18H28N2O3/c1-4-20(5-2)10-6-9-19-18(21)15-11-14-12-16(22-3)7-8-17(14)23-13-15/h7-8,12,15H,4-6,9-11,13H2,1-3H3,(H,19,21). The number of rotatable bonds is 8. The van der Waals surface area contributed by atoms with Gasteiger partial charge in [0.1, 0.15) is 18.1 Å². The summed E-state index contributed by atoms with van der Waals surface area (Å²) in [5.74, 6) is 1.62. The summed E-state index contributed by atoms with van der Waals surface area (Å²) in [7, 11) is 1.64. The second-order valence-corrected chi connectivity index (χ2v) is 5.86. The van der Waals surface area contributed by atoms with Crippen LogP contribution in [0.15, 0.2) is 18.2 Å². The second kappa shape index (κ2) is 8.77. The third kappa shape index (κ3) is 4.86. The van der Waals surface area contributed by atoms with Gasteiger partial charge in [-0.05, 0) is 56.2 Å². The number of hydrogen-bond acceptors (Lipinski definition) is 4. The monoisotopic (exact) mass is 320 g/mol. The number of nitrogens with zero attached hydrogens (tertiary/aromatic N) is 1. The highest BCUT2D eigenvalue weighted by atomic mass is 16.5. The molecule has 1 N–H and O–H groups in total. The Morgan fingerprint density at radius 1 is 1.39 bits per heavy atom. The van der Waals surface area contributed by atoms with Crippen LogP contribution in [-0.4, -0.2) is 50.7 Å². The Balaban J connectivity index is 1.80. The first-order valence-electron chi connectivity index (χ1n) is 8.47. The summed E-state index contributed by atoms with van der Waals surface area (Å²) in [5.41, 5.74) is 1.04. The van der Waals surface area contributed by atoms with Crippen molar-refractivity contribution in [2.45, 2.75) is 26.7 Å². The summed E-state index contributed by atoms with van der Waals surface area (Å²) in [4.78, 5) is 14.7. The van der Waals surface area contributed by atoms with Gasteiger partial charge in [0.25, 0.3) is 0 Å². The summed E-state index contributed by atoms with van der Waals surface area (Å²) < 4.78 is 10.9. The van der Waals surface area contributed by atoms with Gasteiger partial charge < -0.3 is 19.7 Å². The quantitative estimate of drug-likeness (QED) is 0.745. The van der Waals surface area contributed by atoms with Crippen LogP contribution in [0, 0.1) is 5.92 Å². The lowest BCUT2D eigenvalue weighted by Crippen LogP contribution is -2.38. The molecular formula is C18H28N2O3. The van der Waals surface area contributed by atoms with Gasteiger partial charge in [-0.3, -0.25) is 4.79 Å². The van der Waals surface area contributed by atoms with E-state index in [1.807, 2.05) is 18.2 Å². The molecule has 0 aromatic heterocycles. The number of benzene rings is 1. The fourth-order valence-electron chi connectivity index (χ4n) is 2.86. The zero-order valence-electron chi connectivity index (χ0n) is 14.4. The van der Waals surface area contributed by atoms with Crippen LogP contribution in [0.1, 0.15) is 25.8 Å². The van der Waals surface area contributed by atoms with Crippen molar-refractivity contribution in [2.75, 3.05) is 39.9 Å². The van der Waals surface area contributed by atoms with Crippen LogP contribution in [-0.2, 0) is 11.2 Å². The molecule has 1 aliphatic rings. The van der Waals surface area contributed by atoms with Gasteiger partial charge in [-0.25, -0.2) is 0 Å². The normalized spacial score (nSPS) is 16.6. The van der Waals surface area contributed by atoms with Crippen LogP contribution in [0.3, 0.4) is 0 Å². The minimum Gasteiger partial charge on any atom is -0.497 e. The fraction of sp³-hybridized carbons (Fsp3) is 0.611. The molecule has 1 aromatic rings. The predicted octanol–water partition coefficient (Wildman–Crippen LogP) is 2.09. The average Bonchev–Trinajstić information content (AvgIpc) is 2.60. The maximum Gasteiger partial charge on any atom is 0.226 e. The van der Waals surface area contributed by atoms with Crippen molar-refractivity contribution in [2.24, 2.45) is 5.92 Å². The highest BCUT2D eigenvalue weighted by Crippen LogP contribution is 2.30. The van der Waals surface area contributed by atoms with E-state index in [1.165, 1.54) is 0 Å². The predicted molar refractivity (Wildman–Crippen MR) is 91.1 cm³/mol. The zero-order chi connectivity index (χ0) is 16.7. The van der Waals surface area contributed by atoms with Crippen molar-refractivity contribution in [3.05, 3.63) is 23.8 Å². The molecule has 128 valence electrons. The lowest BCUT2D eigenvalue weighted by atomic mass is 9.96. The zero-order valence-corrected chi connectivity index (χ0v) is 14.4. The first kappa shape index (κ1) is 17.6. The molecule has 1 unspecified atom stereocenters. The van der Waals surface area contributed by atoms with Crippen LogP contribution in [0.25, 0.3) is 0 Å². The van der Waals surface area contributed by atoms with Crippen molar-refractivity contribution >= 4 is 5.91 Å². The topological polar surface area (TPSA) is 50.8 Å². The van der Waals surface area contributed by atoms with Crippen LogP contribution < -0.4 is 14.8 Å². The lowest BCUT2D eigenvalue weighted by Gasteiger charge is -2.25. The Morgan fingerprint density at radius 2 is 2.17 bits per heavy atom. The Hall–Kier alpha value is -1.75. The van der Waals surface area contributed by atoms with Crippen molar-refractivity contribution in [1.29, 1.82) is 0 Å².